The van der Waals surface area contributed by atoms with Gasteiger partial charge in [0.1, 0.15) is 10.2 Å². The molecule has 1 aromatic heterocycles. The Morgan fingerprint density at radius 1 is 1.62 bits per heavy atom. The van der Waals surface area contributed by atoms with Gasteiger partial charge in [0.05, 0.1) is 12.7 Å². The van der Waals surface area contributed by atoms with E-state index in [9.17, 15) is 4.79 Å². The van der Waals surface area contributed by atoms with Crippen LogP contribution in [0.5, 0.6) is 0 Å². The summed E-state index contributed by atoms with van der Waals surface area (Å²) in [6.07, 6.45) is 1.27. The summed E-state index contributed by atoms with van der Waals surface area (Å²) in [7, 11) is 1.82. The Morgan fingerprint density at radius 2 is 2.25 bits per heavy atom. The largest absolute Gasteiger partial charge is 0.444 e. The monoisotopic (exact) mass is 289 g/mol. The Morgan fingerprint density at radius 3 is 2.69 bits per heavy atom. The molecule has 0 aliphatic carbocycles. The van der Waals surface area contributed by atoms with Gasteiger partial charge < -0.3 is 10.1 Å². The van der Waals surface area contributed by atoms with Crippen molar-refractivity contribution < 1.29 is 9.53 Å². The summed E-state index contributed by atoms with van der Waals surface area (Å²) in [6.45, 7) is 5.87. The lowest BCUT2D eigenvalue weighted by Crippen LogP contribution is -2.32. The van der Waals surface area contributed by atoms with Crippen LogP contribution in [0, 0.1) is 0 Å². The lowest BCUT2D eigenvalue weighted by atomic mass is 10.2. The van der Waals surface area contributed by atoms with Gasteiger partial charge in [0.2, 0.25) is 0 Å². The van der Waals surface area contributed by atoms with E-state index in [1.165, 1.54) is 0 Å². The summed E-state index contributed by atoms with van der Waals surface area (Å²) in [5, 5.41) is 6.71. The van der Waals surface area contributed by atoms with E-state index in [2.05, 4.69) is 26.3 Å². The summed E-state index contributed by atoms with van der Waals surface area (Å²) in [5.41, 5.74) is 0.435. The molecule has 0 atom stereocenters. The first-order valence-corrected chi connectivity index (χ1v) is 5.72. The van der Waals surface area contributed by atoms with Crippen LogP contribution in [0.15, 0.2) is 10.8 Å². The van der Waals surface area contributed by atoms with Crippen molar-refractivity contribution in [3.8, 4) is 0 Å². The zero-order chi connectivity index (χ0) is 12.3. The minimum absolute atomic E-state index is 0.392. The number of nitrogens with zero attached hydrogens (tertiary/aromatic N) is 2. The number of nitrogens with one attached hydrogen (secondary N) is 1. The van der Waals surface area contributed by atoms with E-state index < -0.39 is 11.7 Å². The third-order valence-electron chi connectivity index (χ3n) is 1.76. The van der Waals surface area contributed by atoms with Crippen LogP contribution in [0.4, 0.5) is 4.79 Å². The molecule has 0 bridgehead atoms. The van der Waals surface area contributed by atoms with E-state index in [0.717, 1.165) is 10.2 Å². The highest BCUT2D eigenvalue weighted by atomic mass is 79.9. The zero-order valence-corrected chi connectivity index (χ0v) is 11.5. The Balaban J connectivity index is 2.47. The number of carbonyl (C=O) groups excluding carboxylic acids is 1. The number of carbonyl (C=O) groups is 1. The number of ether oxygens (including phenoxy) is 1. The molecular formula is C10H16BrN3O2. The molecule has 1 aromatic rings. The molecular weight excluding hydrogens is 274 g/mol. The maximum Gasteiger partial charge on any atom is 0.407 e. The minimum atomic E-state index is -0.476. The Labute approximate surface area is 103 Å². The number of aryl methyl sites for hydroxylation is 1. The number of hydrogen-bond acceptors (Lipinski definition) is 3. The first kappa shape index (κ1) is 13.0. The van der Waals surface area contributed by atoms with Crippen molar-refractivity contribution in [3.63, 3.8) is 0 Å². The first-order valence-electron chi connectivity index (χ1n) is 4.93. The van der Waals surface area contributed by atoms with Crippen molar-refractivity contribution in [1.82, 2.24) is 15.1 Å². The van der Waals surface area contributed by atoms with Crippen LogP contribution in [-0.2, 0) is 18.3 Å². The summed E-state index contributed by atoms with van der Waals surface area (Å²) in [4.78, 5) is 11.4. The van der Waals surface area contributed by atoms with Crippen LogP contribution in [0.1, 0.15) is 26.3 Å². The molecule has 5 nitrogen and oxygen atoms in total. The van der Waals surface area contributed by atoms with Gasteiger partial charge in [-0.05, 0) is 36.7 Å². The van der Waals surface area contributed by atoms with Crippen LogP contribution in [0.2, 0.25) is 0 Å². The summed E-state index contributed by atoms with van der Waals surface area (Å²) in [5.74, 6) is 0. The maximum absolute atomic E-state index is 11.4. The standard InChI is InChI=1S/C10H16BrN3O2/c1-10(2,3)16-9(15)12-5-7-6-13-14(4)8(7)11/h6H,5H2,1-4H3,(H,12,15). The molecule has 1 N–H and O–H groups in total. The second kappa shape index (κ2) is 4.86. The van der Waals surface area contributed by atoms with E-state index in [0.29, 0.717) is 6.54 Å². The number of alkyl carbamates (subject to hydrolysis) is 1. The molecule has 0 aromatic carbocycles. The lowest BCUT2D eigenvalue weighted by molar-refractivity contribution is 0.0523. The third kappa shape index (κ3) is 3.84. The smallest absolute Gasteiger partial charge is 0.407 e. The van der Waals surface area contributed by atoms with Crippen LogP contribution in [-0.4, -0.2) is 21.5 Å². The number of aromatic nitrogens is 2. The van der Waals surface area contributed by atoms with E-state index in [1.807, 2.05) is 27.8 Å². The number of amides is 1. The fraction of sp³-hybridized carbons (Fsp3) is 0.600. The second-order valence-electron chi connectivity index (χ2n) is 4.44. The average Bonchev–Trinajstić information content (AvgIpc) is 2.42. The van der Waals surface area contributed by atoms with Crippen LogP contribution in [0.25, 0.3) is 0 Å². The highest BCUT2D eigenvalue weighted by molar-refractivity contribution is 9.10. The van der Waals surface area contributed by atoms with Crippen molar-refractivity contribution in [3.05, 3.63) is 16.4 Å². The Hall–Kier alpha value is -1.04. The van der Waals surface area contributed by atoms with Crippen LogP contribution >= 0.6 is 15.9 Å². The van der Waals surface area contributed by atoms with Gasteiger partial charge in [-0.2, -0.15) is 5.10 Å². The molecule has 0 radical (unpaired) electrons. The predicted molar refractivity (Wildman–Crippen MR) is 64.0 cm³/mol. The van der Waals surface area contributed by atoms with Gasteiger partial charge in [-0.3, -0.25) is 4.68 Å². The van der Waals surface area contributed by atoms with Gasteiger partial charge in [0.15, 0.2) is 0 Å². The van der Waals surface area contributed by atoms with Crippen LogP contribution < -0.4 is 5.32 Å². The molecule has 1 rings (SSSR count). The number of halogens is 1. The molecule has 90 valence electrons. The molecule has 0 aliphatic heterocycles. The SMILES string of the molecule is Cn1ncc(CNC(=O)OC(C)(C)C)c1Br. The van der Waals surface area contributed by atoms with Gasteiger partial charge in [-0.25, -0.2) is 4.79 Å². The third-order valence-corrected chi connectivity index (χ3v) is 2.78. The lowest BCUT2D eigenvalue weighted by Gasteiger charge is -2.19. The topological polar surface area (TPSA) is 56.2 Å². The zero-order valence-electron chi connectivity index (χ0n) is 9.87. The maximum atomic E-state index is 11.4. The van der Waals surface area contributed by atoms with Gasteiger partial charge in [-0.15, -0.1) is 0 Å². The molecule has 6 heteroatoms. The van der Waals surface area contributed by atoms with E-state index >= 15 is 0 Å². The molecule has 0 saturated carbocycles. The number of rotatable bonds is 2. The molecule has 16 heavy (non-hydrogen) atoms. The van der Waals surface area contributed by atoms with Crippen molar-refractivity contribution in [2.75, 3.05) is 0 Å². The first-order chi connectivity index (χ1) is 7.29. The van der Waals surface area contributed by atoms with Crippen LogP contribution in [0.3, 0.4) is 0 Å². The van der Waals surface area contributed by atoms with E-state index in [1.54, 1.807) is 10.9 Å². The minimum Gasteiger partial charge on any atom is -0.444 e. The van der Waals surface area contributed by atoms with Crippen molar-refractivity contribution in [2.45, 2.75) is 32.9 Å². The fourth-order valence-electron chi connectivity index (χ4n) is 1.07. The second-order valence-corrected chi connectivity index (χ2v) is 5.19. The van der Waals surface area contributed by atoms with E-state index in [-0.39, 0.29) is 0 Å². The molecule has 1 heterocycles. The highest BCUT2D eigenvalue weighted by Crippen LogP contribution is 2.14. The highest BCUT2D eigenvalue weighted by Gasteiger charge is 2.16. The average molecular weight is 290 g/mol. The normalized spacial score (nSPS) is 11.3. The number of hydrogen-bond donors (Lipinski definition) is 1. The predicted octanol–water partition coefficient (Wildman–Crippen LogP) is 2.21. The van der Waals surface area contributed by atoms with Gasteiger partial charge in [0.25, 0.3) is 0 Å². The van der Waals surface area contributed by atoms with Crippen molar-refractivity contribution >= 4 is 22.0 Å². The molecule has 0 aliphatic rings. The van der Waals surface area contributed by atoms with Gasteiger partial charge in [-0.1, -0.05) is 0 Å². The molecule has 0 spiro atoms. The quantitative estimate of drug-likeness (QED) is 0.908. The van der Waals surface area contributed by atoms with E-state index in [4.69, 9.17) is 4.74 Å². The summed E-state index contributed by atoms with van der Waals surface area (Å²) < 4.78 is 7.65. The Bertz CT molecular complexity index is 382. The molecule has 0 unspecified atom stereocenters. The molecule has 0 fully saturated rings. The van der Waals surface area contributed by atoms with Crippen molar-refractivity contribution in [1.29, 1.82) is 0 Å². The van der Waals surface area contributed by atoms with Crippen molar-refractivity contribution in [2.24, 2.45) is 7.05 Å². The summed E-state index contributed by atoms with van der Waals surface area (Å²) in [6, 6.07) is 0. The molecule has 1 amide bonds. The van der Waals surface area contributed by atoms with Gasteiger partial charge in [0, 0.05) is 12.6 Å². The summed E-state index contributed by atoms with van der Waals surface area (Å²) >= 11 is 3.37. The van der Waals surface area contributed by atoms with Gasteiger partial charge >= 0.3 is 6.09 Å². The fourth-order valence-corrected chi connectivity index (χ4v) is 1.40. The molecule has 0 saturated heterocycles. The Kier molecular flexibility index (Phi) is 3.96.